The van der Waals surface area contributed by atoms with Gasteiger partial charge >= 0.3 is 0 Å². The lowest BCUT2D eigenvalue weighted by atomic mass is 9.98. The number of hydrogen-bond acceptors (Lipinski definition) is 3. The molecule has 3 heteroatoms. The fourth-order valence-corrected chi connectivity index (χ4v) is 2.11. The van der Waals surface area contributed by atoms with Crippen LogP contribution in [0, 0.1) is 0 Å². The van der Waals surface area contributed by atoms with Crippen molar-refractivity contribution in [3.63, 3.8) is 0 Å². The Morgan fingerprint density at radius 1 is 1.27 bits per heavy atom. The monoisotopic (exact) mass is 224 g/mol. The molecule has 1 aliphatic rings. The van der Waals surface area contributed by atoms with Gasteiger partial charge in [0.05, 0.1) is 0 Å². The van der Waals surface area contributed by atoms with E-state index < -0.39 is 0 Å². The van der Waals surface area contributed by atoms with Crippen molar-refractivity contribution in [3.05, 3.63) is 23.8 Å². The molecule has 0 saturated heterocycles. The first-order valence-corrected chi connectivity index (χ1v) is 5.95. The van der Waals surface area contributed by atoms with Gasteiger partial charge in [0.1, 0.15) is 13.2 Å². The van der Waals surface area contributed by atoms with Crippen LogP contribution in [0.4, 0.5) is 0 Å². The van der Waals surface area contributed by atoms with Crippen molar-refractivity contribution in [2.75, 3.05) is 19.0 Å². The summed E-state index contributed by atoms with van der Waals surface area (Å²) in [5.41, 5.74) is 1.30. The van der Waals surface area contributed by atoms with Gasteiger partial charge in [-0.1, -0.05) is 13.0 Å². The summed E-state index contributed by atoms with van der Waals surface area (Å²) in [6.45, 7) is 3.51. The summed E-state index contributed by atoms with van der Waals surface area (Å²) in [7, 11) is 0. The average molecular weight is 224 g/mol. The second-order valence-electron chi connectivity index (χ2n) is 3.82. The van der Waals surface area contributed by atoms with Crippen molar-refractivity contribution >= 4 is 12.6 Å². The van der Waals surface area contributed by atoms with Crippen LogP contribution in [0.3, 0.4) is 0 Å². The van der Waals surface area contributed by atoms with Gasteiger partial charge in [0.25, 0.3) is 0 Å². The Balaban J connectivity index is 2.20. The van der Waals surface area contributed by atoms with Crippen molar-refractivity contribution in [2.45, 2.75) is 19.3 Å². The van der Waals surface area contributed by atoms with Crippen LogP contribution in [0.15, 0.2) is 18.2 Å². The molecule has 2 rings (SSSR count). The molecule has 0 radical (unpaired) electrons. The van der Waals surface area contributed by atoms with Crippen molar-refractivity contribution in [1.82, 2.24) is 0 Å². The maximum absolute atomic E-state index is 5.55. The predicted molar refractivity (Wildman–Crippen MR) is 64.3 cm³/mol. The molecule has 0 saturated carbocycles. The first-order chi connectivity index (χ1) is 7.31. The summed E-state index contributed by atoms with van der Waals surface area (Å²) in [4.78, 5) is 0. The lowest BCUT2D eigenvalue weighted by Gasteiger charge is -2.20. The van der Waals surface area contributed by atoms with E-state index in [1.54, 1.807) is 0 Å². The largest absolute Gasteiger partial charge is 0.486 e. The molecule has 15 heavy (non-hydrogen) atoms. The van der Waals surface area contributed by atoms with Gasteiger partial charge in [-0.3, -0.25) is 0 Å². The molecule has 1 unspecified atom stereocenters. The Kier molecular flexibility index (Phi) is 3.41. The third kappa shape index (κ3) is 2.40. The summed E-state index contributed by atoms with van der Waals surface area (Å²) in [5.74, 6) is 3.18. The topological polar surface area (TPSA) is 18.5 Å². The van der Waals surface area contributed by atoms with E-state index in [0.717, 1.165) is 23.7 Å². The molecule has 1 heterocycles. The third-order valence-electron chi connectivity index (χ3n) is 2.70. The smallest absolute Gasteiger partial charge is 0.161 e. The van der Waals surface area contributed by atoms with E-state index in [1.165, 1.54) is 5.56 Å². The Hall–Kier alpha value is -0.830. The van der Waals surface area contributed by atoms with Crippen molar-refractivity contribution in [3.8, 4) is 11.5 Å². The Morgan fingerprint density at radius 2 is 2.00 bits per heavy atom. The zero-order valence-corrected chi connectivity index (χ0v) is 9.80. The molecule has 2 nitrogen and oxygen atoms in total. The van der Waals surface area contributed by atoms with Crippen LogP contribution in [-0.2, 0) is 0 Å². The fraction of sp³-hybridized carbons (Fsp3) is 0.500. The molecule has 0 amide bonds. The number of ether oxygens (including phenoxy) is 2. The van der Waals surface area contributed by atoms with Gasteiger partial charge in [-0.15, -0.1) is 0 Å². The molecule has 0 aliphatic carbocycles. The SMILES string of the molecule is CC(CCS)c1ccc2c(c1)OCCO2. The number of thiol groups is 1. The predicted octanol–water partition coefficient (Wildman–Crippen LogP) is 2.88. The highest BCUT2D eigenvalue weighted by Crippen LogP contribution is 2.33. The van der Waals surface area contributed by atoms with Gasteiger partial charge in [0.2, 0.25) is 0 Å². The number of hydrogen-bond donors (Lipinski definition) is 1. The third-order valence-corrected chi connectivity index (χ3v) is 2.96. The average Bonchev–Trinajstić information content (AvgIpc) is 2.29. The summed E-state index contributed by atoms with van der Waals surface area (Å²) < 4.78 is 11.0. The van der Waals surface area contributed by atoms with Crippen LogP contribution in [0.5, 0.6) is 11.5 Å². The molecule has 1 atom stereocenters. The minimum absolute atomic E-state index is 0.526. The molecule has 1 aliphatic heterocycles. The quantitative estimate of drug-likeness (QED) is 0.796. The lowest BCUT2D eigenvalue weighted by Crippen LogP contribution is -2.15. The van der Waals surface area contributed by atoms with E-state index in [4.69, 9.17) is 9.47 Å². The van der Waals surface area contributed by atoms with Crippen LogP contribution < -0.4 is 9.47 Å². The van der Waals surface area contributed by atoms with E-state index in [1.807, 2.05) is 6.07 Å². The summed E-state index contributed by atoms with van der Waals surface area (Å²) in [5, 5.41) is 0. The first kappa shape index (κ1) is 10.7. The molecule has 82 valence electrons. The Bertz CT molecular complexity index is 338. The fourth-order valence-electron chi connectivity index (χ4n) is 1.73. The van der Waals surface area contributed by atoms with Gasteiger partial charge in [0, 0.05) is 0 Å². The highest BCUT2D eigenvalue weighted by molar-refractivity contribution is 7.80. The highest BCUT2D eigenvalue weighted by Gasteiger charge is 2.13. The molecular formula is C12H16O2S. The van der Waals surface area contributed by atoms with E-state index in [-0.39, 0.29) is 0 Å². The zero-order chi connectivity index (χ0) is 10.7. The Labute approximate surface area is 96.0 Å². The van der Waals surface area contributed by atoms with E-state index in [0.29, 0.717) is 19.1 Å². The molecular weight excluding hydrogens is 208 g/mol. The van der Waals surface area contributed by atoms with E-state index in [9.17, 15) is 0 Å². The molecule has 0 fully saturated rings. The maximum Gasteiger partial charge on any atom is 0.161 e. The van der Waals surface area contributed by atoms with Crippen LogP contribution in [0.25, 0.3) is 0 Å². The van der Waals surface area contributed by atoms with E-state index >= 15 is 0 Å². The van der Waals surface area contributed by atoms with Gasteiger partial charge < -0.3 is 9.47 Å². The van der Waals surface area contributed by atoms with Crippen molar-refractivity contribution in [2.24, 2.45) is 0 Å². The molecule has 0 N–H and O–H groups in total. The van der Waals surface area contributed by atoms with Crippen molar-refractivity contribution < 1.29 is 9.47 Å². The van der Waals surface area contributed by atoms with Crippen LogP contribution >= 0.6 is 12.6 Å². The van der Waals surface area contributed by atoms with Crippen LogP contribution in [0.2, 0.25) is 0 Å². The first-order valence-electron chi connectivity index (χ1n) is 5.31. The number of benzene rings is 1. The lowest BCUT2D eigenvalue weighted by molar-refractivity contribution is 0.171. The minimum Gasteiger partial charge on any atom is -0.486 e. The second kappa shape index (κ2) is 4.79. The van der Waals surface area contributed by atoms with Gasteiger partial charge in [-0.05, 0) is 35.8 Å². The molecule has 0 spiro atoms. The molecule has 0 aromatic heterocycles. The maximum atomic E-state index is 5.55. The van der Waals surface area contributed by atoms with Crippen molar-refractivity contribution in [1.29, 1.82) is 0 Å². The van der Waals surface area contributed by atoms with Gasteiger partial charge in [0.15, 0.2) is 11.5 Å². The molecule has 1 aromatic rings. The second-order valence-corrected chi connectivity index (χ2v) is 4.26. The minimum atomic E-state index is 0.526. The number of fused-ring (bicyclic) bond motifs is 1. The summed E-state index contributed by atoms with van der Waals surface area (Å²) >= 11 is 4.25. The van der Waals surface area contributed by atoms with E-state index in [2.05, 4.69) is 31.7 Å². The van der Waals surface area contributed by atoms with Gasteiger partial charge in [-0.25, -0.2) is 0 Å². The zero-order valence-electron chi connectivity index (χ0n) is 8.90. The molecule has 0 bridgehead atoms. The summed E-state index contributed by atoms with van der Waals surface area (Å²) in [6, 6.07) is 6.20. The molecule has 1 aromatic carbocycles. The normalized spacial score (nSPS) is 16.1. The summed E-state index contributed by atoms with van der Waals surface area (Å²) in [6.07, 6.45) is 1.09. The van der Waals surface area contributed by atoms with Crippen LogP contribution in [0.1, 0.15) is 24.8 Å². The highest BCUT2D eigenvalue weighted by atomic mass is 32.1. The number of rotatable bonds is 3. The standard InChI is InChI=1S/C12H16O2S/c1-9(4-7-15)10-2-3-11-12(8-10)14-6-5-13-11/h2-3,8-9,15H,4-7H2,1H3. The van der Waals surface area contributed by atoms with Crippen LogP contribution in [-0.4, -0.2) is 19.0 Å². The van der Waals surface area contributed by atoms with Gasteiger partial charge in [-0.2, -0.15) is 12.6 Å². The Morgan fingerprint density at radius 3 is 2.73 bits per heavy atom.